The summed E-state index contributed by atoms with van der Waals surface area (Å²) in [6.45, 7) is 1.68. The average molecular weight is 354 g/mol. The third-order valence-corrected chi connectivity index (χ3v) is 7.55. The zero-order valence-electron chi connectivity index (χ0n) is 14.7. The molecule has 0 spiro atoms. The van der Waals surface area contributed by atoms with Crippen molar-refractivity contribution in [3.63, 3.8) is 0 Å². The molecule has 0 heterocycles. The standard InChI is InChI=1S/C20H25F3O2/c1-18-9-7-15-14-6-4-13(25-2)11-12(14)3-5-16(15)17(18)8-10-19(18,24)20(21,22)23/h4,6,11,15-17,24H,3,5,7-10H2,1-2H3/t15-,16-,17+,18+,19+/m1/s1. The molecular weight excluding hydrogens is 329 g/mol. The number of ether oxygens (including phenoxy) is 1. The Labute approximate surface area is 146 Å². The van der Waals surface area contributed by atoms with Crippen molar-refractivity contribution in [1.82, 2.24) is 0 Å². The summed E-state index contributed by atoms with van der Waals surface area (Å²) in [5.74, 6) is 1.32. The van der Waals surface area contributed by atoms with Crippen LogP contribution in [-0.2, 0) is 6.42 Å². The molecule has 2 fully saturated rings. The van der Waals surface area contributed by atoms with E-state index in [-0.39, 0.29) is 18.3 Å². The smallest absolute Gasteiger partial charge is 0.417 e. The van der Waals surface area contributed by atoms with Gasteiger partial charge < -0.3 is 9.84 Å². The Morgan fingerprint density at radius 3 is 2.60 bits per heavy atom. The highest BCUT2D eigenvalue weighted by atomic mass is 19.4. The van der Waals surface area contributed by atoms with Crippen LogP contribution in [0.1, 0.15) is 56.1 Å². The second kappa shape index (κ2) is 5.38. The lowest BCUT2D eigenvalue weighted by molar-refractivity contribution is -0.300. The first-order chi connectivity index (χ1) is 11.7. The highest BCUT2D eigenvalue weighted by Crippen LogP contribution is 2.67. The van der Waals surface area contributed by atoms with Crippen molar-refractivity contribution in [1.29, 1.82) is 0 Å². The summed E-state index contributed by atoms with van der Waals surface area (Å²) in [5, 5.41) is 10.6. The van der Waals surface area contributed by atoms with Crippen molar-refractivity contribution in [3.05, 3.63) is 29.3 Å². The largest absolute Gasteiger partial charge is 0.497 e. The molecule has 25 heavy (non-hydrogen) atoms. The Bertz CT molecular complexity index is 686. The van der Waals surface area contributed by atoms with Crippen LogP contribution in [0.5, 0.6) is 5.75 Å². The summed E-state index contributed by atoms with van der Waals surface area (Å²) in [4.78, 5) is 0. The van der Waals surface area contributed by atoms with Gasteiger partial charge in [0, 0.05) is 5.41 Å². The average Bonchev–Trinajstić information content (AvgIpc) is 2.86. The molecule has 0 aliphatic heterocycles. The Morgan fingerprint density at radius 2 is 1.92 bits per heavy atom. The highest BCUT2D eigenvalue weighted by Gasteiger charge is 2.71. The van der Waals surface area contributed by atoms with E-state index in [4.69, 9.17) is 4.74 Å². The van der Waals surface area contributed by atoms with Gasteiger partial charge in [-0.3, -0.25) is 0 Å². The molecule has 4 rings (SSSR count). The van der Waals surface area contributed by atoms with Crippen molar-refractivity contribution in [3.8, 4) is 5.75 Å². The molecule has 1 aromatic carbocycles. The summed E-state index contributed by atoms with van der Waals surface area (Å²) in [6.07, 6.45) is -1.31. The lowest BCUT2D eigenvalue weighted by Gasteiger charge is -2.53. The molecule has 0 amide bonds. The maximum absolute atomic E-state index is 13.6. The van der Waals surface area contributed by atoms with Crippen LogP contribution in [0, 0.1) is 17.3 Å². The number of hydrogen-bond acceptors (Lipinski definition) is 2. The SMILES string of the molecule is COc1ccc2c(c1)CC[C@@H]1[C@@H]2CC[C@@]2(C)[C@H]1CC[C@@]2(O)C(F)(F)F. The predicted molar refractivity (Wildman–Crippen MR) is 88.6 cm³/mol. The predicted octanol–water partition coefficient (Wildman–Crippen LogP) is 4.84. The number of halogens is 3. The molecule has 0 aromatic heterocycles. The number of alkyl halides is 3. The molecule has 3 aliphatic carbocycles. The van der Waals surface area contributed by atoms with Gasteiger partial charge in [-0.05, 0) is 79.5 Å². The Balaban J connectivity index is 1.69. The number of aliphatic hydroxyl groups is 1. The molecule has 0 radical (unpaired) electrons. The third-order valence-electron chi connectivity index (χ3n) is 7.55. The monoisotopic (exact) mass is 354 g/mol. The Morgan fingerprint density at radius 1 is 1.16 bits per heavy atom. The van der Waals surface area contributed by atoms with E-state index in [2.05, 4.69) is 12.1 Å². The quantitative estimate of drug-likeness (QED) is 0.782. The lowest BCUT2D eigenvalue weighted by atomic mass is 9.53. The molecule has 5 heteroatoms. The molecule has 2 saturated carbocycles. The van der Waals surface area contributed by atoms with Gasteiger partial charge in [0.15, 0.2) is 5.60 Å². The van der Waals surface area contributed by atoms with Crippen molar-refractivity contribution in [2.24, 2.45) is 17.3 Å². The zero-order chi connectivity index (χ0) is 18.0. The third kappa shape index (κ3) is 2.20. The summed E-state index contributed by atoms with van der Waals surface area (Å²) >= 11 is 0. The van der Waals surface area contributed by atoms with Crippen molar-refractivity contribution in [2.45, 2.75) is 63.1 Å². The second-order valence-electron chi connectivity index (χ2n) is 8.33. The summed E-state index contributed by atoms with van der Waals surface area (Å²) in [7, 11) is 1.65. The number of methoxy groups -OCH3 is 1. The summed E-state index contributed by atoms with van der Waals surface area (Å²) < 4.78 is 46.2. The Kier molecular flexibility index (Phi) is 3.70. The van der Waals surface area contributed by atoms with Crippen LogP contribution < -0.4 is 4.74 Å². The minimum atomic E-state index is -4.55. The summed E-state index contributed by atoms with van der Waals surface area (Å²) in [5.41, 5.74) is -1.04. The van der Waals surface area contributed by atoms with Crippen LogP contribution in [0.4, 0.5) is 13.2 Å². The van der Waals surface area contributed by atoms with E-state index < -0.39 is 17.2 Å². The van der Waals surface area contributed by atoms with Gasteiger partial charge in [0.05, 0.1) is 7.11 Å². The van der Waals surface area contributed by atoms with Gasteiger partial charge in [-0.1, -0.05) is 13.0 Å². The number of rotatable bonds is 1. The topological polar surface area (TPSA) is 29.5 Å². The molecule has 0 unspecified atom stereocenters. The van der Waals surface area contributed by atoms with Crippen LogP contribution in [0.3, 0.4) is 0 Å². The highest BCUT2D eigenvalue weighted by molar-refractivity contribution is 5.41. The molecule has 0 bridgehead atoms. The number of aryl methyl sites for hydroxylation is 1. The number of fused-ring (bicyclic) bond motifs is 5. The molecule has 138 valence electrons. The minimum absolute atomic E-state index is 0.0619. The fraction of sp³-hybridized carbons (Fsp3) is 0.700. The lowest BCUT2D eigenvalue weighted by Crippen LogP contribution is -2.58. The Hall–Kier alpha value is -1.23. The van der Waals surface area contributed by atoms with Gasteiger partial charge >= 0.3 is 6.18 Å². The van der Waals surface area contributed by atoms with E-state index in [0.717, 1.165) is 25.0 Å². The van der Waals surface area contributed by atoms with Gasteiger partial charge in [-0.25, -0.2) is 0 Å². The fourth-order valence-electron chi connectivity index (χ4n) is 6.17. The van der Waals surface area contributed by atoms with E-state index >= 15 is 0 Å². The number of benzene rings is 1. The van der Waals surface area contributed by atoms with Gasteiger partial charge in [-0.2, -0.15) is 13.2 Å². The molecule has 2 nitrogen and oxygen atoms in total. The van der Waals surface area contributed by atoms with Gasteiger partial charge in [0.2, 0.25) is 0 Å². The maximum Gasteiger partial charge on any atom is 0.417 e. The molecule has 3 aliphatic rings. The molecule has 1 N–H and O–H groups in total. The van der Waals surface area contributed by atoms with Gasteiger partial charge in [0.1, 0.15) is 5.75 Å². The van der Waals surface area contributed by atoms with Crippen molar-refractivity contribution >= 4 is 0 Å². The minimum Gasteiger partial charge on any atom is -0.497 e. The van der Waals surface area contributed by atoms with Crippen LogP contribution in [0.25, 0.3) is 0 Å². The second-order valence-corrected chi connectivity index (χ2v) is 8.33. The molecular formula is C20H25F3O2. The first-order valence-corrected chi connectivity index (χ1v) is 9.17. The van der Waals surface area contributed by atoms with Crippen molar-refractivity contribution in [2.75, 3.05) is 7.11 Å². The van der Waals surface area contributed by atoms with E-state index in [1.165, 1.54) is 11.1 Å². The van der Waals surface area contributed by atoms with E-state index in [1.807, 2.05) is 6.07 Å². The van der Waals surface area contributed by atoms with Gasteiger partial charge in [0.25, 0.3) is 0 Å². The molecule has 1 aromatic rings. The summed E-state index contributed by atoms with van der Waals surface area (Å²) in [6, 6.07) is 6.12. The zero-order valence-corrected chi connectivity index (χ0v) is 14.7. The van der Waals surface area contributed by atoms with Gasteiger partial charge in [-0.15, -0.1) is 0 Å². The first kappa shape index (κ1) is 17.2. The van der Waals surface area contributed by atoms with Crippen LogP contribution in [0.2, 0.25) is 0 Å². The number of hydrogen-bond donors (Lipinski definition) is 1. The van der Waals surface area contributed by atoms with E-state index in [0.29, 0.717) is 18.8 Å². The van der Waals surface area contributed by atoms with Crippen molar-refractivity contribution < 1.29 is 23.0 Å². The van der Waals surface area contributed by atoms with Crippen LogP contribution >= 0.6 is 0 Å². The first-order valence-electron chi connectivity index (χ1n) is 9.17. The maximum atomic E-state index is 13.6. The van der Waals surface area contributed by atoms with E-state index in [9.17, 15) is 18.3 Å². The van der Waals surface area contributed by atoms with E-state index in [1.54, 1.807) is 14.0 Å². The fourth-order valence-corrected chi connectivity index (χ4v) is 6.17. The molecule has 0 saturated heterocycles. The van der Waals surface area contributed by atoms with Crippen LogP contribution in [-0.4, -0.2) is 24.0 Å². The van der Waals surface area contributed by atoms with Crippen LogP contribution in [0.15, 0.2) is 18.2 Å². The normalized spacial score (nSPS) is 40.2. The molecule has 5 atom stereocenters.